The molecule has 0 amide bonds. The third-order valence-corrected chi connectivity index (χ3v) is 1.42. The Morgan fingerprint density at radius 1 is 1.55 bits per heavy atom. The summed E-state index contributed by atoms with van der Waals surface area (Å²) in [6.07, 6.45) is 5.02. The molecule has 0 atom stereocenters. The molecule has 0 saturated carbocycles. The van der Waals surface area contributed by atoms with Crippen LogP contribution in [0, 0.1) is 18.2 Å². The van der Waals surface area contributed by atoms with Crippen molar-refractivity contribution in [2.24, 2.45) is 5.73 Å². The van der Waals surface area contributed by atoms with E-state index < -0.39 is 0 Å². The van der Waals surface area contributed by atoms with Crippen molar-refractivity contribution < 1.29 is 4.39 Å². The summed E-state index contributed by atoms with van der Waals surface area (Å²) >= 11 is 0. The lowest BCUT2D eigenvalue weighted by molar-refractivity contribution is 0.622. The van der Waals surface area contributed by atoms with Crippen LogP contribution in [0.4, 0.5) is 4.39 Å². The Morgan fingerprint density at radius 3 is 2.73 bits per heavy atom. The molecule has 0 heterocycles. The minimum atomic E-state index is -0.379. The number of halogens is 1. The molecule has 0 aliphatic rings. The summed E-state index contributed by atoms with van der Waals surface area (Å²) in [4.78, 5) is 0. The third-order valence-electron chi connectivity index (χ3n) is 1.42. The molecular formula is C9H8FN. The molecular weight excluding hydrogens is 141 g/mol. The van der Waals surface area contributed by atoms with Crippen molar-refractivity contribution in [1.82, 2.24) is 0 Å². The Balaban J connectivity index is 3.12. The van der Waals surface area contributed by atoms with E-state index >= 15 is 0 Å². The van der Waals surface area contributed by atoms with Gasteiger partial charge in [-0.3, -0.25) is 0 Å². The first-order valence-electron chi connectivity index (χ1n) is 3.23. The van der Waals surface area contributed by atoms with Gasteiger partial charge < -0.3 is 5.73 Å². The fraction of sp³-hybridized carbons (Fsp3) is 0.111. The molecule has 0 unspecified atom stereocenters. The summed E-state index contributed by atoms with van der Waals surface area (Å²) in [7, 11) is 0. The zero-order chi connectivity index (χ0) is 8.27. The summed E-state index contributed by atoms with van der Waals surface area (Å²) in [6.45, 7) is 0.335. The van der Waals surface area contributed by atoms with Gasteiger partial charge in [0.05, 0.1) is 5.56 Å². The third kappa shape index (κ3) is 1.57. The van der Waals surface area contributed by atoms with Crippen LogP contribution in [-0.4, -0.2) is 0 Å². The summed E-state index contributed by atoms with van der Waals surface area (Å²) in [5, 5.41) is 0. The van der Waals surface area contributed by atoms with Gasteiger partial charge in [0.1, 0.15) is 5.82 Å². The molecule has 0 saturated heterocycles. The topological polar surface area (TPSA) is 26.0 Å². The van der Waals surface area contributed by atoms with Crippen molar-refractivity contribution in [3.05, 3.63) is 35.1 Å². The van der Waals surface area contributed by atoms with Crippen LogP contribution in [0.15, 0.2) is 18.2 Å². The summed E-state index contributed by atoms with van der Waals surface area (Å²) < 4.78 is 12.8. The van der Waals surface area contributed by atoms with Gasteiger partial charge in [-0.15, -0.1) is 6.42 Å². The molecule has 11 heavy (non-hydrogen) atoms. The van der Waals surface area contributed by atoms with E-state index in [2.05, 4.69) is 5.92 Å². The summed E-state index contributed by atoms with van der Waals surface area (Å²) in [5.74, 6) is 1.85. The molecule has 0 fully saturated rings. The molecule has 1 nitrogen and oxygen atoms in total. The Hall–Kier alpha value is -1.33. The van der Waals surface area contributed by atoms with Crippen molar-refractivity contribution >= 4 is 0 Å². The van der Waals surface area contributed by atoms with Crippen molar-refractivity contribution in [2.45, 2.75) is 6.54 Å². The molecule has 0 aromatic heterocycles. The first-order chi connectivity index (χ1) is 5.27. The normalized spacial score (nSPS) is 9.18. The smallest absolute Gasteiger partial charge is 0.139 e. The van der Waals surface area contributed by atoms with Crippen LogP contribution < -0.4 is 5.73 Å². The molecule has 1 aromatic rings. The minimum Gasteiger partial charge on any atom is -0.326 e. The highest BCUT2D eigenvalue weighted by molar-refractivity contribution is 5.35. The molecule has 1 aromatic carbocycles. The largest absolute Gasteiger partial charge is 0.326 e. The predicted molar refractivity (Wildman–Crippen MR) is 42.2 cm³/mol. The van der Waals surface area contributed by atoms with E-state index in [4.69, 9.17) is 12.2 Å². The molecule has 56 valence electrons. The van der Waals surface area contributed by atoms with Gasteiger partial charge in [-0.25, -0.2) is 4.39 Å². The molecule has 0 bridgehead atoms. The summed E-state index contributed by atoms with van der Waals surface area (Å²) in [5.41, 5.74) is 6.32. The molecule has 0 aliphatic heterocycles. The van der Waals surface area contributed by atoms with Gasteiger partial charge in [0.15, 0.2) is 0 Å². The maximum absolute atomic E-state index is 12.8. The standard InChI is InChI=1S/C9H8FN/c1-2-8-4-3-7(6-11)5-9(8)10/h1,3-5H,6,11H2. The van der Waals surface area contributed by atoms with Crippen LogP contribution in [0.3, 0.4) is 0 Å². The second kappa shape index (κ2) is 3.18. The van der Waals surface area contributed by atoms with Gasteiger partial charge >= 0.3 is 0 Å². The number of nitrogens with two attached hydrogens (primary N) is 1. The van der Waals surface area contributed by atoms with E-state index in [0.717, 1.165) is 5.56 Å². The van der Waals surface area contributed by atoms with E-state index in [9.17, 15) is 4.39 Å². The van der Waals surface area contributed by atoms with E-state index in [0.29, 0.717) is 6.54 Å². The predicted octanol–water partition coefficient (Wildman–Crippen LogP) is 1.27. The molecule has 0 spiro atoms. The number of hydrogen-bond donors (Lipinski definition) is 1. The average molecular weight is 149 g/mol. The monoisotopic (exact) mass is 149 g/mol. The number of rotatable bonds is 1. The van der Waals surface area contributed by atoms with Crippen molar-refractivity contribution in [2.75, 3.05) is 0 Å². The van der Waals surface area contributed by atoms with Crippen LogP contribution in [-0.2, 0) is 6.54 Å². The highest BCUT2D eigenvalue weighted by Gasteiger charge is 1.98. The zero-order valence-corrected chi connectivity index (χ0v) is 5.97. The van der Waals surface area contributed by atoms with Gasteiger partial charge in [0.25, 0.3) is 0 Å². The van der Waals surface area contributed by atoms with E-state index in [1.807, 2.05) is 0 Å². The van der Waals surface area contributed by atoms with Crippen LogP contribution in [0.25, 0.3) is 0 Å². The van der Waals surface area contributed by atoms with Crippen molar-refractivity contribution in [1.29, 1.82) is 0 Å². The molecule has 0 aliphatic carbocycles. The van der Waals surface area contributed by atoms with E-state index in [-0.39, 0.29) is 11.4 Å². The first kappa shape index (κ1) is 7.77. The van der Waals surface area contributed by atoms with E-state index in [1.54, 1.807) is 12.1 Å². The Labute approximate surface area is 65.0 Å². The van der Waals surface area contributed by atoms with Crippen LogP contribution in [0.5, 0.6) is 0 Å². The number of hydrogen-bond acceptors (Lipinski definition) is 1. The van der Waals surface area contributed by atoms with Crippen LogP contribution in [0.1, 0.15) is 11.1 Å². The van der Waals surface area contributed by atoms with Crippen molar-refractivity contribution in [3.63, 3.8) is 0 Å². The first-order valence-corrected chi connectivity index (χ1v) is 3.23. The molecule has 2 heteroatoms. The Bertz CT molecular complexity index is 299. The van der Waals surface area contributed by atoms with Gasteiger partial charge in [-0.2, -0.15) is 0 Å². The van der Waals surface area contributed by atoms with Crippen molar-refractivity contribution in [3.8, 4) is 12.3 Å². The second-order valence-corrected chi connectivity index (χ2v) is 2.16. The quantitative estimate of drug-likeness (QED) is 0.598. The maximum atomic E-state index is 12.8. The number of terminal acetylenes is 1. The van der Waals surface area contributed by atoms with Crippen LogP contribution in [0.2, 0.25) is 0 Å². The van der Waals surface area contributed by atoms with Gasteiger partial charge in [-0.05, 0) is 17.7 Å². The van der Waals surface area contributed by atoms with Gasteiger partial charge in [-0.1, -0.05) is 12.0 Å². The Morgan fingerprint density at radius 2 is 2.27 bits per heavy atom. The molecule has 2 N–H and O–H groups in total. The highest BCUT2D eigenvalue weighted by Crippen LogP contribution is 2.08. The Kier molecular flexibility index (Phi) is 2.25. The minimum absolute atomic E-state index is 0.280. The fourth-order valence-corrected chi connectivity index (χ4v) is 0.803. The average Bonchev–Trinajstić information content (AvgIpc) is 2.04. The lowest BCUT2D eigenvalue weighted by atomic mass is 10.1. The van der Waals surface area contributed by atoms with Gasteiger partial charge in [0, 0.05) is 6.54 Å². The van der Waals surface area contributed by atoms with Gasteiger partial charge in [0.2, 0.25) is 0 Å². The number of benzene rings is 1. The van der Waals surface area contributed by atoms with E-state index in [1.165, 1.54) is 6.07 Å². The van der Waals surface area contributed by atoms with Crippen LogP contribution >= 0.6 is 0 Å². The lowest BCUT2D eigenvalue weighted by Gasteiger charge is -1.97. The lowest BCUT2D eigenvalue weighted by Crippen LogP contribution is -1.97. The highest BCUT2D eigenvalue weighted by atomic mass is 19.1. The SMILES string of the molecule is C#Cc1ccc(CN)cc1F. The zero-order valence-electron chi connectivity index (χ0n) is 5.97. The fourth-order valence-electron chi connectivity index (χ4n) is 0.803. The molecule has 0 radical (unpaired) electrons. The maximum Gasteiger partial charge on any atom is 0.139 e. The second-order valence-electron chi connectivity index (χ2n) is 2.16. The summed E-state index contributed by atoms with van der Waals surface area (Å²) in [6, 6.07) is 4.63. The molecule has 1 rings (SSSR count).